The van der Waals surface area contributed by atoms with E-state index in [1.54, 1.807) is 24.1 Å². The van der Waals surface area contributed by atoms with Crippen molar-refractivity contribution in [2.24, 2.45) is 0 Å². The summed E-state index contributed by atoms with van der Waals surface area (Å²) in [7, 11) is 1.69. The summed E-state index contributed by atoms with van der Waals surface area (Å²) in [5.41, 5.74) is 0.795. The largest absolute Gasteiger partial charge is 0.507 e. The van der Waals surface area contributed by atoms with Crippen LogP contribution in [0.15, 0.2) is 18.2 Å². The van der Waals surface area contributed by atoms with Crippen molar-refractivity contribution in [3.63, 3.8) is 0 Å². The van der Waals surface area contributed by atoms with Gasteiger partial charge >= 0.3 is 0 Å². The summed E-state index contributed by atoms with van der Waals surface area (Å²) in [4.78, 5) is 13.8. The highest BCUT2D eigenvalue weighted by Crippen LogP contribution is 2.23. The molecule has 0 bridgehead atoms. The zero-order valence-electron chi connectivity index (χ0n) is 10.6. The fourth-order valence-corrected chi connectivity index (χ4v) is 1.55. The van der Waals surface area contributed by atoms with Gasteiger partial charge in [0, 0.05) is 12.9 Å². The predicted octanol–water partition coefficient (Wildman–Crippen LogP) is 2.79. The van der Waals surface area contributed by atoms with Gasteiger partial charge < -0.3 is 10.0 Å². The van der Waals surface area contributed by atoms with Crippen LogP contribution in [0.3, 0.4) is 0 Å². The zero-order valence-corrected chi connectivity index (χ0v) is 11.4. The number of aryl methyl sites for hydroxylation is 1. The lowest BCUT2D eigenvalue weighted by Crippen LogP contribution is -2.46. The number of hydrogen-bond acceptors (Lipinski definition) is 2. The molecule has 0 aromatic heterocycles. The van der Waals surface area contributed by atoms with Gasteiger partial charge in [0.05, 0.1) is 11.1 Å². The Morgan fingerprint density at radius 1 is 1.47 bits per heavy atom. The number of rotatable bonds is 3. The molecule has 1 N–H and O–H groups in total. The number of amides is 1. The Morgan fingerprint density at radius 3 is 2.59 bits per heavy atom. The molecule has 1 aromatic rings. The van der Waals surface area contributed by atoms with Gasteiger partial charge in [-0.1, -0.05) is 11.6 Å². The molecule has 0 aliphatic heterocycles. The third-order valence-electron chi connectivity index (χ3n) is 2.92. The van der Waals surface area contributed by atoms with E-state index in [1.807, 2.05) is 20.8 Å². The Bertz CT molecular complexity index is 429. The van der Waals surface area contributed by atoms with Crippen LogP contribution >= 0.6 is 11.6 Å². The highest BCUT2D eigenvalue weighted by molar-refractivity contribution is 6.18. The van der Waals surface area contributed by atoms with Crippen molar-refractivity contribution in [2.45, 2.75) is 26.3 Å². The van der Waals surface area contributed by atoms with Crippen molar-refractivity contribution in [2.75, 3.05) is 12.9 Å². The van der Waals surface area contributed by atoms with Crippen LogP contribution in [0, 0.1) is 6.92 Å². The Morgan fingerprint density at radius 2 is 2.06 bits per heavy atom. The van der Waals surface area contributed by atoms with Crippen molar-refractivity contribution in [1.82, 2.24) is 4.90 Å². The summed E-state index contributed by atoms with van der Waals surface area (Å²) in [6, 6.07) is 4.97. The molecule has 0 unspecified atom stereocenters. The number of hydrogen-bond donors (Lipinski definition) is 1. The molecule has 0 saturated carbocycles. The SMILES string of the molecule is Cc1ccc(O)c(C(=O)N(C)C(C)(C)CCl)c1. The number of phenols is 1. The molecule has 0 radical (unpaired) electrons. The fraction of sp³-hybridized carbons (Fsp3) is 0.462. The second-order valence-corrected chi connectivity index (χ2v) is 5.10. The quantitative estimate of drug-likeness (QED) is 0.844. The van der Waals surface area contributed by atoms with Crippen molar-refractivity contribution >= 4 is 17.5 Å². The molecule has 1 aromatic carbocycles. The van der Waals surface area contributed by atoms with Gasteiger partial charge in [-0.3, -0.25) is 4.79 Å². The van der Waals surface area contributed by atoms with Crippen LogP contribution in [0.4, 0.5) is 0 Å². The average molecular weight is 256 g/mol. The van der Waals surface area contributed by atoms with E-state index in [1.165, 1.54) is 6.07 Å². The van der Waals surface area contributed by atoms with E-state index >= 15 is 0 Å². The van der Waals surface area contributed by atoms with Gasteiger partial charge in [0.25, 0.3) is 5.91 Å². The minimum atomic E-state index is -0.450. The lowest BCUT2D eigenvalue weighted by Gasteiger charge is -2.34. The van der Waals surface area contributed by atoms with Gasteiger partial charge in [-0.2, -0.15) is 0 Å². The Kier molecular flexibility index (Phi) is 4.04. The molecule has 3 nitrogen and oxygen atoms in total. The molecule has 4 heteroatoms. The van der Waals surface area contributed by atoms with Gasteiger partial charge in [0.1, 0.15) is 5.75 Å². The Labute approximate surface area is 107 Å². The van der Waals surface area contributed by atoms with E-state index in [2.05, 4.69) is 0 Å². The zero-order chi connectivity index (χ0) is 13.2. The molecule has 0 atom stereocenters. The topological polar surface area (TPSA) is 40.5 Å². The fourth-order valence-electron chi connectivity index (χ4n) is 1.37. The van der Waals surface area contributed by atoms with E-state index in [9.17, 15) is 9.90 Å². The van der Waals surface area contributed by atoms with Crippen LogP contribution < -0.4 is 0 Å². The van der Waals surface area contributed by atoms with Crippen molar-refractivity contribution in [3.05, 3.63) is 29.3 Å². The van der Waals surface area contributed by atoms with Crippen LogP contribution in [0.2, 0.25) is 0 Å². The van der Waals surface area contributed by atoms with Crippen LogP contribution in [0.5, 0.6) is 5.75 Å². The molecule has 0 heterocycles. The summed E-state index contributed by atoms with van der Waals surface area (Å²) in [6.07, 6.45) is 0. The van der Waals surface area contributed by atoms with Crippen LogP contribution in [0.1, 0.15) is 29.8 Å². The molecule has 0 aliphatic carbocycles. The lowest BCUT2D eigenvalue weighted by atomic mass is 10.0. The van der Waals surface area contributed by atoms with E-state index in [4.69, 9.17) is 11.6 Å². The predicted molar refractivity (Wildman–Crippen MR) is 69.7 cm³/mol. The van der Waals surface area contributed by atoms with Gasteiger partial charge in [-0.25, -0.2) is 0 Å². The van der Waals surface area contributed by atoms with E-state index < -0.39 is 5.54 Å². The molecule has 0 fully saturated rings. The molecule has 17 heavy (non-hydrogen) atoms. The first-order valence-electron chi connectivity index (χ1n) is 5.43. The van der Waals surface area contributed by atoms with Crippen molar-refractivity contribution in [1.29, 1.82) is 0 Å². The van der Waals surface area contributed by atoms with E-state index in [0.717, 1.165) is 5.56 Å². The first-order valence-corrected chi connectivity index (χ1v) is 5.97. The first-order chi connectivity index (χ1) is 7.79. The molecule has 0 spiro atoms. The number of nitrogens with zero attached hydrogens (tertiary/aromatic N) is 1. The molecule has 94 valence electrons. The minimum absolute atomic E-state index is 0.00202. The molecule has 0 saturated heterocycles. The normalized spacial score (nSPS) is 11.4. The second-order valence-electron chi connectivity index (χ2n) is 4.83. The number of carbonyl (C=O) groups excluding carboxylic acids is 1. The molecule has 1 rings (SSSR count). The standard InChI is InChI=1S/C13H18ClNO2/c1-9-5-6-11(16)10(7-9)12(17)15(4)13(2,3)8-14/h5-7,16H,8H2,1-4H3. The van der Waals surface area contributed by atoms with Crippen LogP contribution in [0.25, 0.3) is 0 Å². The average Bonchev–Trinajstić information content (AvgIpc) is 2.30. The monoisotopic (exact) mass is 255 g/mol. The highest BCUT2D eigenvalue weighted by Gasteiger charge is 2.28. The third kappa shape index (κ3) is 2.91. The van der Waals surface area contributed by atoms with Gasteiger partial charge in [-0.05, 0) is 32.9 Å². The third-order valence-corrected chi connectivity index (χ3v) is 3.58. The number of aromatic hydroxyl groups is 1. The van der Waals surface area contributed by atoms with E-state index in [-0.39, 0.29) is 11.7 Å². The Hall–Kier alpha value is -1.22. The van der Waals surface area contributed by atoms with E-state index in [0.29, 0.717) is 11.4 Å². The molecule has 1 amide bonds. The van der Waals surface area contributed by atoms with Gasteiger partial charge in [0.15, 0.2) is 0 Å². The number of benzene rings is 1. The summed E-state index contributed by atoms with van der Waals surface area (Å²) < 4.78 is 0. The number of carbonyl (C=O) groups is 1. The number of phenolic OH excluding ortho intramolecular Hbond substituents is 1. The maximum Gasteiger partial charge on any atom is 0.257 e. The molecular formula is C13H18ClNO2. The smallest absolute Gasteiger partial charge is 0.257 e. The van der Waals surface area contributed by atoms with Crippen LogP contribution in [-0.4, -0.2) is 34.4 Å². The summed E-state index contributed by atoms with van der Waals surface area (Å²) in [6.45, 7) is 5.64. The Balaban J connectivity index is 3.08. The maximum absolute atomic E-state index is 12.2. The maximum atomic E-state index is 12.2. The first kappa shape index (κ1) is 13.8. The number of alkyl halides is 1. The number of halogens is 1. The molecular weight excluding hydrogens is 238 g/mol. The second kappa shape index (κ2) is 4.96. The summed E-state index contributed by atoms with van der Waals surface area (Å²) in [5.74, 6) is 0.108. The highest BCUT2D eigenvalue weighted by atomic mass is 35.5. The van der Waals surface area contributed by atoms with Crippen LogP contribution in [-0.2, 0) is 0 Å². The summed E-state index contributed by atoms with van der Waals surface area (Å²) in [5, 5.41) is 9.71. The minimum Gasteiger partial charge on any atom is -0.507 e. The van der Waals surface area contributed by atoms with Crippen molar-refractivity contribution < 1.29 is 9.90 Å². The van der Waals surface area contributed by atoms with Gasteiger partial charge in [-0.15, -0.1) is 11.6 Å². The summed E-state index contributed by atoms with van der Waals surface area (Å²) >= 11 is 5.83. The van der Waals surface area contributed by atoms with Crippen molar-refractivity contribution in [3.8, 4) is 5.75 Å². The lowest BCUT2D eigenvalue weighted by molar-refractivity contribution is 0.0657. The van der Waals surface area contributed by atoms with Gasteiger partial charge in [0.2, 0.25) is 0 Å². The molecule has 0 aliphatic rings.